The predicted molar refractivity (Wildman–Crippen MR) is 164 cm³/mol. The minimum Gasteiger partial charge on any atom is -0.387 e. The zero-order valence-electron chi connectivity index (χ0n) is 21.8. The number of hydrogen-bond donors (Lipinski definition) is 1. The van der Waals surface area contributed by atoms with Crippen molar-refractivity contribution in [3.63, 3.8) is 0 Å². The van der Waals surface area contributed by atoms with Crippen molar-refractivity contribution in [3.05, 3.63) is 145 Å². The summed E-state index contributed by atoms with van der Waals surface area (Å²) in [6.07, 6.45) is 6.45. The number of nitrogens with zero attached hydrogens (tertiary/aromatic N) is 3. The van der Waals surface area contributed by atoms with E-state index in [9.17, 15) is 0 Å². The van der Waals surface area contributed by atoms with E-state index in [4.69, 9.17) is 15.0 Å². The summed E-state index contributed by atoms with van der Waals surface area (Å²) >= 11 is 0. The van der Waals surface area contributed by atoms with E-state index in [2.05, 4.69) is 84.3 Å². The summed E-state index contributed by atoms with van der Waals surface area (Å²) in [4.78, 5) is 14.6. The fourth-order valence-electron chi connectivity index (χ4n) is 5.19. The normalized spacial score (nSPS) is 12.7. The Kier molecular flexibility index (Phi) is 6.19. The monoisotopic (exact) mass is 514 g/mol. The summed E-state index contributed by atoms with van der Waals surface area (Å²) in [5.41, 5.74) is 7.61. The van der Waals surface area contributed by atoms with Gasteiger partial charge in [0.05, 0.1) is 0 Å². The number of fused-ring (bicyclic) bond motifs is 1. The molecule has 2 heterocycles. The van der Waals surface area contributed by atoms with E-state index < -0.39 is 0 Å². The Hall–Kier alpha value is -5.35. The number of allylic oxidation sites excluding steroid dienone is 2. The van der Waals surface area contributed by atoms with Crippen LogP contribution in [0.2, 0.25) is 0 Å². The lowest BCUT2D eigenvalue weighted by Gasteiger charge is -2.17. The van der Waals surface area contributed by atoms with Gasteiger partial charge in [-0.25, -0.2) is 15.0 Å². The standard InChI is InChI=1S/C36H26N4/c1-3-11-27(12-4-1)34-38-35(28-13-5-2-6-14-28)40-36(39-34)29-19-17-26(18-20-29)33-31-16-8-7-10-25(31)21-22-32(33)30-15-9-23-37-24-30/h1-22,24,37H,23H2. The molecule has 0 saturated carbocycles. The Morgan fingerprint density at radius 2 is 1.05 bits per heavy atom. The highest BCUT2D eigenvalue weighted by Crippen LogP contribution is 2.37. The molecule has 7 rings (SSSR count). The van der Waals surface area contributed by atoms with Crippen molar-refractivity contribution in [2.75, 3.05) is 6.54 Å². The number of aromatic nitrogens is 3. The van der Waals surface area contributed by atoms with E-state index in [-0.39, 0.29) is 0 Å². The van der Waals surface area contributed by atoms with Crippen LogP contribution < -0.4 is 5.32 Å². The van der Waals surface area contributed by atoms with Gasteiger partial charge in [0.15, 0.2) is 17.5 Å². The van der Waals surface area contributed by atoms with E-state index >= 15 is 0 Å². The van der Waals surface area contributed by atoms with Gasteiger partial charge in [0.1, 0.15) is 0 Å². The molecule has 5 aromatic carbocycles. The zero-order valence-corrected chi connectivity index (χ0v) is 21.8. The molecule has 0 amide bonds. The van der Waals surface area contributed by atoms with Crippen molar-refractivity contribution in [1.82, 2.24) is 20.3 Å². The first-order chi connectivity index (χ1) is 19.8. The van der Waals surface area contributed by atoms with Crippen molar-refractivity contribution in [2.24, 2.45) is 0 Å². The Morgan fingerprint density at radius 1 is 0.500 bits per heavy atom. The lowest BCUT2D eigenvalue weighted by molar-refractivity contribution is 0.977. The van der Waals surface area contributed by atoms with Gasteiger partial charge in [0, 0.05) is 29.4 Å². The van der Waals surface area contributed by atoms with Gasteiger partial charge >= 0.3 is 0 Å². The first-order valence-corrected chi connectivity index (χ1v) is 13.4. The molecule has 0 unspecified atom stereocenters. The summed E-state index contributed by atoms with van der Waals surface area (Å²) in [5.74, 6) is 1.97. The summed E-state index contributed by atoms with van der Waals surface area (Å²) in [7, 11) is 0. The molecule has 0 bridgehead atoms. The van der Waals surface area contributed by atoms with Crippen LogP contribution in [0, 0.1) is 0 Å². The van der Waals surface area contributed by atoms with Crippen LogP contribution in [0.25, 0.3) is 61.6 Å². The average molecular weight is 515 g/mol. The minimum absolute atomic E-state index is 0.652. The Balaban J connectivity index is 1.35. The molecular weight excluding hydrogens is 488 g/mol. The van der Waals surface area contributed by atoms with Crippen molar-refractivity contribution < 1.29 is 0 Å². The highest BCUT2D eigenvalue weighted by Gasteiger charge is 2.15. The molecule has 4 heteroatoms. The second kappa shape index (κ2) is 10.4. The highest BCUT2D eigenvalue weighted by atomic mass is 15.0. The lowest BCUT2D eigenvalue weighted by Crippen LogP contribution is -2.09. The fraction of sp³-hybridized carbons (Fsp3) is 0.0278. The Bertz CT molecular complexity index is 1810. The van der Waals surface area contributed by atoms with Crippen LogP contribution in [0.4, 0.5) is 0 Å². The van der Waals surface area contributed by atoms with Crippen LogP contribution in [0.3, 0.4) is 0 Å². The van der Waals surface area contributed by atoms with Crippen LogP contribution >= 0.6 is 0 Å². The van der Waals surface area contributed by atoms with Crippen LogP contribution in [0.5, 0.6) is 0 Å². The molecule has 0 atom stereocenters. The van der Waals surface area contributed by atoms with Crippen LogP contribution in [-0.2, 0) is 0 Å². The van der Waals surface area contributed by atoms with Crippen molar-refractivity contribution in [1.29, 1.82) is 0 Å². The topological polar surface area (TPSA) is 50.7 Å². The quantitative estimate of drug-likeness (QED) is 0.252. The molecule has 1 aromatic heterocycles. The number of nitrogens with one attached hydrogen (secondary N) is 1. The SMILES string of the molecule is C1=CC(c2ccc3ccccc3c2-c2ccc(-c3nc(-c4ccccc4)nc(-c4ccccc4)n3)cc2)=CNC1. The minimum atomic E-state index is 0.652. The lowest BCUT2D eigenvalue weighted by atomic mass is 9.89. The van der Waals surface area contributed by atoms with Gasteiger partial charge in [-0.2, -0.15) is 0 Å². The molecule has 0 radical (unpaired) electrons. The highest BCUT2D eigenvalue weighted by molar-refractivity contribution is 6.03. The second-order valence-electron chi connectivity index (χ2n) is 9.74. The van der Waals surface area contributed by atoms with Crippen LogP contribution in [0.15, 0.2) is 140 Å². The maximum Gasteiger partial charge on any atom is 0.164 e. The van der Waals surface area contributed by atoms with E-state index in [1.165, 1.54) is 27.5 Å². The number of dihydropyridines is 1. The number of benzene rings is 5. The first-order valence-electron chi connectivity index (χ1n) is 13.4. The smallest absolute Gasteiger partial charge is 0.164 e. The summed E-state index contributed by atoms with van der Waals surface area (Å²) < 4.78 is 0. The van der Waals surface area contributed by atoms with Gasteiger partial charge in [0.2, 0.25) is 0 Å². The third-order valence-corrected chi connectivity index (χ3v) is 7.16. The van der Waals surface area contributed by atoms with Gasteiger partial charge in [-0.05, 0) is 33.0 Å². The van der Waals surface area contributed by atoms with E-state index in [0.717, 1.165) is 28.8 Å². The molecule has 0 spiro atoms. The maximum absolute atomic E-state index is 4.89. The van der Waals surface area contributed by atoms with Crippen molar-refractivity contribution in [2.45, 2.75) is 0 Å². The van der Waals surface area contributed by atoms with Crippen LogP contribution in [-0.4, -0.2) is 21.5 Å². The zero-order chi connectivity index (χ0) is 26.7. The molecule has 4 nitrogen and oxygen atoms in total. The van der Waals surface area contributed by atoms with E-state index in [0.29, 0.717) is 17.5 Å². The number of rotatable bonds is 5. The van der Waals surface area contributed by atoms with Gasteiger partial charge in [0.25, 0.3) is 0 Å². The summed E-state index contributed by atoms with van der Waals surface area (Å²) in [6.45, 7) is 0.850. The van der Waals surface area contributed by atoms with Gasteiger partial charge in [-0.15, -0.1) is 0 Å². The van der Waals surface area contributed by atoms with E-state index in [1.54, 1.807) is 0 Å². The molecule has 0 fully saturated rings. The first kappa shape index (κ1) is 23.7. The van der Waals surface area contributed by atoms with Gasteiger partial charge < -0.3 is 5.32 Å². The molecule has 1 N–H and O–H groups in total. The molecule has 40 heavy (non-hydrogen) atoms. The van der Waals surface area contributed by atoms with Crippen molar-refractivity contribution >= 4 is 16.3 Å². The Labute approximate surface area is 233 Å². The Morgan fingerprint density at radius 3 is 1.65 bits per heavy atom. The summed E-state index contributed by atoms with van der Waals surface area (Å²) in [5, 5.41) is 5.80. The third-order valence-electron chi connectivity index (χ3n) is 7.16. The molecular formula is C36H26N4. The largest absolute Gasteiger partial charge is 0.387 e. The molecule has 0 aliphatic carbocycles. The molecule has 0 saturated heterocycles. The predicted octanol–water partition coefficient (Wildman–Crippen LogP) is 8.19. The average Bonchev–Trinajstić information content (AvgIpc) is 3.05. The molecule has 190 valence electrons. The fourth-order valence-corrected chi connectivity index (χ4v) is 5.19. The molecule has 1 aliphatic heterocycles. The molecule has 6 aromatic rings. The molecule has 1 aliphatic rings. The second-order valence-corrected chi connectivity index (χ2v) is 9.74. The summed E-state index contributed by atoms with van der Waals surface area (Å²) in [6, 6.07) is 41.7. The third kappa shape index (κ3) is 4.56. The van der Waals surface area contributed by atoms with Gasteiger partial charge in [-0.3, -0.25) is 0 Å². The van der Waals surface area contributed by atoms with E-state index in [1.807, 2.05) is 60.7 Å². The van der Waals surface area contributed by atoms with Crippen LogP contribution in [0.1, 0.15) is 5.56 Å². The van der Waals surface area contributed by atoms with Gasteiger partial charge in [-0.1, -0.05) is 133 Å². The van der Waals surface area contributed by atoms with Crippen molar-refractivity contribution in [3.8, 4) is 45.3 Å². The maximum atomic E-state index is 4.89. The number of hydrogen-bond acceptors (Lipinski definition) is 4.